The quantitative estimate of drug-likeness (QED) is 0.722. The van der Waals surface area contributed by atoms with Gasteiger partial charge in [-0.25, -0.2) is 4.98 Å². The number of hydrogen-bond acceptors (Lipinski definition) is 7. The van der Waals surface area contributed by atoms with Gasteiger partial charge in [0.05, 0.1) is 31.5 Å². The predicted octanol–water partition coefficient (Wildman–Crippen LogP) is 1.38. The number of carbonyl (C=O) groups is 2. The van der Waals surface area contributed by atoms with Crippen molar-refractivity contribution in [2.45, 2.75) is 25.5 Å². The van der Waals surface area contributed by atoms with Crippen LogP contribution in [-0.2, 0) is 20.7 Å². The fourth-order valence-electron chi connectivity index (χ4n) is 3.05. The van der Waals surface area contributed by atoms with E-state index in [-0.39, 0.29) is 18.4 Å². The Morgan fingerprint density at radius 2 is 2.14 bits per heavy atom. The van der Waals surface area contributed by atoms with Crippen molar-refractivity contribution in [3.63, 3.8) is 0 Å². The van der Waals surface area contributed by atoms with E-state index < -0.39 is 12.1 Å². The normalized spacial score (nSPS) is 19.0. The molecule has 1 aromatic carbocycles. The monoisotopic (exact) mass is 405 g/mol. The van der Waals surface area contributed by atoms with E-state index in [1.54, 1.807) is 42.2 Å². The summed E-state index contributed by atoms with van der Waals surface area (Å²) in [5, 5.41) is 5.73. The molecule has 1 aliphatic heterocycles. The second-order valence-corrected chi connectivity index (χ2v) is 7.23. The second kappa shape index (κ2) is 9.03. The summed E-state index contributed by atoms with van der Waals surface area (Å²) in [7, 11) is 3.08. The molecule has 2 atom stereocenters. The first-order chi connectivity index (χ1) is 13.5. The Labute approximate surface area is 167 Å². The number of aromatic nitrogens is 1. The number of benzene rings is 1. The maximum absolute atomic E-state index is 12.7. The minimum absolute atomic E-state index is 0.157. The number of amides is 2. The van der Waals surface area contributed by atoms with Crippen LogP contribution in [0.2, 0.25) is 0 Å². The molecule has 1 aromatic heterocycles. The number of morpholine rings is 1. The summed E-state index contributed by atoms with van der Waals surface area (Å²) in [5.74, 6) is 0.529. The molecule has 1 fully saturated rings. The van der Waals surface area contributed by atoms with Crippen molar-refractivity contribution in [1.29, 1.82) is 0 Å². The average Bonchev–Trinajstić information content (AvgIpc) is 3.12. The topological polar surface area (TPSA) is 98.8 Å². The zero-order chi connectivity index (χ0) is 20.1. The lowest BCUT2D eigenvalue weighted by Crippen LogP contribution is -2.52. The van der Waals surface area contributed by atoms with Gasteiger partial charge in [0.1, 0.15) is 6.61 Å². The van der Waals surface area contributed by atoms with E-state index in [0.717, 1.165) is 10.6 Å². The summed E-state index contributed by atoms with van der Waals surface area (Å²) >= 11 is 1.57. The SMILES string of the molecule is COc1ccc([C@H]2NC(=O)CO[C@@H]2C(=O)NCCc2scnc2C)cc1OC. The van der Waals surface area contributed by atoms with Gasteiger partial charge >= 0.3 is 0 Å². The fraction of sp³-hybridized carbons (Fsp3) is 0.421. The van der Waals surface area contributed by atoms with Gasteiger partial charge in [-0.05, 0) is 24.6 Å². The number of nitrogens with one attached hydrogen (secondary N) is 2. The number of thiazole rings is 1. The Hall–Kier alpha value is -2.65. The Kier molecular flexibility index (Phi) is 6.48. The summed E-state index contributed by atoms with van der Waals surface area (Å²) in [4.78, 5) is 29.9. The lowest BCUT2D eigenvalue weighted by molar-refractivity contribution is -0.148. The zero-order valence-corrected chi connectivity index (χ0v) is 16.8. The van der Waals surface area contributed by atoms with Gasteiger partial charge < -0.3 is 24.8 Å². The molecule has 0 saturated carbocycles. The molecule has 2 amide bonds. The summed E-state index contributed by atoms with van der Waals surface area (Å²) in [6.07, 6.45) is -0.138. The van der Waals surface area contributed by atoms with E-state index in [2.05, 4.69) is 15.6 Å². The molecule has 0 unspecified atom stereocenters. The average molecular weight is 405 g/mol. The van der Waals surface area contributed by atoms with Gasteiger partial charge in [-0.2, -0.15) is 0 Å². The van der Waals surface area contributed by atoms with E-state index in [1.165, 1.54) is 7.11 Å². The van der Waals surface area contributed by atoms with E-state index in [0.29, 0.717) is 30.0 Å². The molecular formula is C19H23N3O5S. The molecule has 0 spiro atoms. The summed E-state index contributed by atoms with van der Waals surface area (Å²) in [5.41, 5.74) is 3.46. The summed E-state index contributed by atoms with van der Waals surface area (Å²) in [6, 6.07) is 4.63. The molecule has 0 bridgehead atoms. The third kappa shape index (κ3) is 4.42. The highest BCUT2D eigenvalue weighted by Crippen LogP contribution is 2.32. The number of nitrogens with zero attached hydrogens (tertiary/aromatic N) is 1. The Bertz CT molecular complexity index is 854. The molecule has 0 aliphatic carbocycles. The van der Waals surface area contributed by atoms with E-state index >= 15 is 0 Å². The standard InChI is InChI=1S/C19H23N3O5S/c1-11-15(28-10-21-11)6-7-20-19(24)18-17(22-16(23)9-27-18)12-4-5-13(25-2)14(8-12)26-3/h4-5,8,10,17-18H,6-7,9H2,1-3H3,(H,20,24)(H,22,23)/t17-,18+/m1/s1. The van der Waals surface area contributed by atoms with Crippen LogP contribution >= 0.6 is 11.3 Å². The predicted molar refractivity (Wildman–Crippen MR) is 104 cm³/mol. The van der Waals surface area contributed by atoms with Crippen LogP contribution in [-0.4, -0.2) is 50.3 Å². The van der Waals surface area contributed by atoms with E-state index in [1.807, 2.05) is 6.92 Å². The van der Waals surface area contributed by atoms with Crippen LogP contribution in [0.4, 0.5) is 0 Å². The highest BCUT2D eigenvalue weighted by Gasteiger charge is 2.36. The first-order valence-corrected chi connectivity index (χ1v) is 9.71. The molecule has 0 radical (unpaired) electrons. The van der Waals surface area contributed by atoms with Crippen molar-refractivity contribution < 1.29 is 23.8 Å². The van der Waals surface area contributed by atoms with Gasteiger partial charge in [0, 0.05) is 17.8 Å². The van der Waals surface area contributed by atoms with Crippen LogP contribution < -0.4 is 20.1 Å². The summed E-state index contributed by atoms with van der Waals surface area (Å²) < 4.78 is 16.1. The summed E-state index contributed by atoms with van der Waals surface area (Å²) in [6.45, 7) is 2.25. The molecule has 2 heterocycles. The van der Waals surface area contributed by atoms with Crippen LogP contribution in [0.15, 0.2) is 23.7 Å². The van der Waals surface area contributed by atoms with Crippen LogP contribution in [0.1, 0.15) is 22.2 Å². The lowest BCUT2D eigenvalue weighted by atomic mass is 9.98. The Morgan fingerprint density at radius 1 is 1.36 bits per heavy atom. The maximum atomic E-state index is 12.7. The van der Waals surface area contributed by atoms with Crippen LogP contribution in [0.25, 0.3) is 0 Å². The minimum atomic E-state index is -0.835. The van der Waals surface area contributed by atoms with Crippen LogP contribution in [0.3, 0.4) is 0 Å². The Morgan fingerprint density at radius 3 is 2.82 bits per heavy atom. The molecular weight excluding hydrogens is 382 g/mol. The van der Waals surface area contributed by atoms with Crippen molar-refractivity contribution in [1.82, 2.24) is 15.6 Å². The molecule has 1 aliphatic rings. The van der Waals surface area contributed by atoms with E-state index in [9.17, 15) is 9.59 Å². The molecule has 2 aromatic rings. The van der Waals surface area contributed by atoms with Gasteiger partial charge in [-0.15, -0.1) is 11.3 Å². The molecule has 9 heteroatoms. The first kappa shape index (κ1) is 20.1. The highest BCUT2D eigenvalue weighted by molar-refractivity contribution is 7.09. The fourth-order valence-corrected chi connectivity index (χ4v) is 3.83. The zero-order valence-electron chi connectivity index (χ0n) is 16.0. The molecule has 8 nitrogen and oxygen atoms in total. The second-order valence-electron chi connectivity index (χ2n) is 6.29. The highest BCUT2D eigenvalue weighted by atomic mass is 32.1. The van der Waals surface area contributed by atoms with Crippen LogP contribution in [0, 0.1) is 6.92 Å². The van der Waals surface area contributed by atoms with Crippen molar-refractivity contribution >= 4 is 23.2 Å². The smallest absolute Gasteiger partial charge is 0.251 e. The molecule has 28 heavy (non-hydrogen) atoms. The van der Waals surface area contributed by atoms with E-state index in [4.69, 9.17) is 14.2 Å². The largest absolute Gasteiger partial charge is 0.493 e. The first-order valence-electron chi connectivity index (χ1n) is 8.83. The number of carbonyl (C=O) groups excluding carboxylic acids is 2. The number of hydrogen-bond donors (Lipinski definition) is 2. The molecule has 3 rings (SSSR count). The number of rotatable bonds is 7. The number of aryl methyl sites for hydroxylation is 1. The van der Waals surface area contributed by atoms with Gasteiger partial charge in [-0.3, -0.25) is 9.59 Å². The lowest BCUT2D eigenvalue weighted by Gasteiger charge is -2.32. The number of methoxy groups -OCH3 is 2. The van der Waals surface area contributed by atoms with Crippen LogP contribution in [0.5, 0.6) is 11.5 Å². The van der Waals surface area contributed by atoms with Gasteiger partial charge in [0.15, 0.2) is 17.6 Å². The van der Waals surface area contributed by atoms with Gasteiger partial charge in [0.2, 0.25) is 5.91 Å². The van der Waals surface area contributed by atoms with Crippen molar-refractivity contribution in [2.24, 2.45) is 0 Å². The minimum Gasteiger partial charge on any atom is -0.493 e. The van der Waals surface area contributed by atoms with Crippen molar-refractivity contribution in [3.8, 4) is 11.5 Å². The van der Waals surface area contributed by atoms with Crippen molar-refractivity contribution in [2.75, 3.05) is 27.4 Å². The molecule has 2 N–H and O–H groups in total. The molecule has 1 saturated heterocycles. The van der Waals surface area contributed by atoms with Gasteiger partial charge in [-0.1, -0.05) is 6.07 Å². The third-order valence-corrected chi connectivity index (χ3v) is 5.53. The van der Waals surface area contributed by atoms with Crippen molar-refractivity contribution in [3.05, 3.63) is 39.8 Å². The van der Waals surface area contributed by atoms with Gasteiger partial charge in [0.25, 0.3) is 5.91 Å². The number of ether oxygens (including phenoxy) is 3. The third-order valence-electron chi connectivity index (χ3n) is 4.53. The Balaban J connectivity index is 1.72. The molecule has 150 valence electrons. The maximum Gasteiger partial charge on any atom is 0.251 e.